The molecule has 0 saturated heterocycles. The van der Waals surface area contributed by atoms with Gasteiger partial charge in [0.2, 0.25) is 0 Å². The van der Waals surface area contributed by atoms with Gasteiger partial charge in [-0.05, 0) is 25.8 Å². The number of thiazole rings is 1. The summed E-state index contributed by atoms with van der Waals surface area (Å²) in [5.74, 6) is 0.828. The second-order valence-corrected chi connectivity index (χ2v) is 4.88. The van der Waals surface area contributed by atoms with Crippen molar-refractivity contribution < 1.29 is 0 Å². The van der Waals surface area contributed by atoms with Crippen molar-refractivity contribution >= 4 is 11.3 Å². The molecule has 78 valence electrons. The summed E-state index contributed by atoms with van der Waals surface area (Å²) in [6, 6.07) is 0. The van der Waals surface area contributed by atoms with Crippen molar-refractivity contribution in [3.63, 3.8) is 0 Å². The van der Waals surface area contributed by atoms with Gasteiger partial charge in [-0.3, -0.25) is 0 Å². The molecule has 0 aromatic carbocycles. The van der Waals surface area contributed by atoms with E-state index >= 15 is 0 Å². The van der Waals surface area contributed by atoms with Crippen LogP contribution in [0.1, 0.15) is 42.2 Å². The topological polar surface area (TPSA) is 24.9 Å². The zero-order valence-corrected chi connectivity index (χ0v) is 9.57. The van der Waals surface area contributed by atoms with Crippen LogP contribution >= 0.6 is 11.3 Å². The van der Waals surface area contributed by atoms with Crippen LogP contribution in [0.15, 0.2) is 5.51 Å². The fraction of sp³-hybridized carbons (Fsp3) is 0.727. The lowest BCUT2D eigenvalue weighted by molar-refractivity contribution is 0.708. The smallest absolute Gasteiger partial charge is 0.0797 e. The standard InChI is InChI=1S/C11H18N2S/c1-12-7-6-10-11(14-8-13-10)9-4-2-3-5-9/h8-9,12H,2-7H2,1H3. The summed E-state index contributed by atoms with van der Waals surface area (Å²) in [7, 11) is 2.00. The van der Waals surface area contributed by atoms with Gasteiger partial charge in [0.05, 0.1) is 11.2 Å². The van der Waals surface area contributed by atoms with Crippen LogP contribution in [-0.4, -0.2) is 18.6 Å². The summed E-state index contributed by atoms with van der Waals surface area (Å²) in [6.45, 7) is 1.05. The maximum absolute atomic E-state index is 4.48. The van der Waals surface area contributed by atoms with E-state index in [0.717, 1.165) is 18.9 Å². The highest BCUT2D eigenvalue weighted by Gasteiger charge is 2.21. The molecule has 2 rings (SSSR count). The minimum Gasteiger partial charge on any atom is -0.319 e. The second-order valence-electron chi connectivity index (χ2n) is 4.00. The first-order valence-corrected chi connectivity index (χ1v) is 6.36. The highest BCUT2D eigenvalue weighted by Crippen LogP contribution is 2.37. The van der Waals surface area contributed by atoms with E-state index in [1.807, 2.05) is 23.9 Å². The highest BCUT2D eigenvalue weighted by atomic mass is 32.1. The van der Waals surface area contributed by atoms with E-state index in [4.69, 9.17) is 0 Å². The number of aromatic nitrogens is 1. The zero-order chi connectivity index (χ0) is 9.80. The van der Waals surface area contributed by atoms with Gasteiger partial charge in [-0.2, -0.15) is 0 Å². The molecule has 1 heterocycles. The third kappa shape index (κ3) is 2.15. The van der Waals surface area contributed by atoms with E-state index in [9.17, 15) is 0 Å². The fourth-order valence-electron chi connectivity index (χ4n) is 2.23. The molecule has 0 radical (unpaired) electrons. The van der Waals surface area contributed by atoms with Crippen molar-refractivity contribution in [2.45, 2.75) is 38.0 Å². The summed E-state index contributed by atoms with van der Waals surface area (Å²) < 4.78 is 0. The molecule has 1 fully saturated rings. The van der Waals surface area contributed by atoms with Crippen molar-refractivity contribution in [2.24, 2.45) is 0 Å². The summed E-state index contributed by atoms with van der Waals surface area (Å²) in [5.41, 5.74) is 3.36. The first kappa shape index (κ1) is 10.1. The van der Waals surface area contributed by atoms with Crippen LogP contribution in [-0.2, 0) is 6.42 Å². The molecule has 1 aliphatic carbocycles. The molecule has 14 heavy (non-hydrogen) atoms. The number of hydrogen-bond acceptors (Lipinski definition) is 3. The monoisotopic (exact) mass is 210 g/mol. The predicted molar refractivity (Wildman–Crippen MR) is 61.0 cm³/mol. The van der Waals surface area contributed by atoms with Crippen LogP contribution in [0.4, 0.5) is 0 Å². The summed E-state index contributed by atoms with van der Waals surface area (Å²) in [5, 5.41) is 3.19. The van der Waals surface area contributed by atoms with Gasteiger partial charge < -0.3 is 5.32 Å². The van der Waals surface area contributed by atoms with Crippen LogP contribution in [0.2, 0.25) is 0 Å². The van der Waals surface area contributed by atoms with Gasteiger partial charge in [0.1, 0.15) is 0 Å². The van der Waals surface area contributed by atoms with Gasteiger partial charge in [0.15, 0.2) is 0 Å². The minimum atomic E-state index is 0.828. The molecule has 0 amide bonds. The van der Waals surface area contributed by atoms with Gasteiger partial charge in [0, 0.05) is 17.8 Å². The Bertz CT molecular complexity index is 277. The van der Waals surface area contributed by atoms with E-state index in [-0.39, 0.29) is 0 Å². The Balaban J connectivity index is 2.04. The van der Waals surface area contributed by atoms with Crippen LogP contribution in [0, 0.1) is 0 Å². The molecule has 0 bridgehead atoms. The van der Waals surface area contributed by atoms with Crippen LogP contribution in [0.5, 0.6) is 0 Å². The molecule has 1 saturated carbocycles. The minimum absolute atomic E-state index is 0.828. The zero-order valence-electron chi connectivity index (χ0n) is 8.75. The van der Waals surface area contributed by atoms with Crippen molar-refractivity contribution in [1.82, 2.24) is 10.3 Å². The number of nitrogens with one attached hydrogen (secondary N) is 1. The molecule has 1 aromatic heterocycles. The molecule has 0 aliphatic heterocycles. The Hall–Kier alpha value is -0.410. The van der Waals surface area contributed by atoms with Gasteiger partial charge in [-0.1, -0.05) is 12.8 Å². The Morgan fingerprint density at radius 1 is 1.50 bits per heavy atom. The van der Waals surface area contributed by atoms with E-state index in [0.29, 0.717) is 0 Å². The highest BCUT2D eigenvalue weighted by molar-refractivity contribution is 7.09. The second kappa shape index (κ2) is 4.89. The number of likely N-dealkylation sites (N-methyl/N-ethyl adjacent to an activating group) is 1. The number of hydrogen-bond donors (Lipinski definition) is 1. The maximum atomic E-state index is 4.48. The predicted octanol–water partition coefficient (Wildman–Crippen LogP) is 2.56. The number of nitrogens with zero attached hydrogens (tertiary/aromatic N) is 1. The quantitative estimate of drug-likeness (QED) is 0.826. The average molecular weight is 210 g/mol. The van der Waals surface area contributed by atoms with Crippen molar-refractivity contribution in [2.75, 3.05) is 13.6 Å². The lowest BCUT2D eigenvalue weighted by atomic mass is 10.0. The average Bonchev–Trinajstić information content (AvgIpc) is 2.84. The van der Waals surface area contributed by atoms with Gasteiger partial charge in [0.25, 0.3) is 0 Å². The Labute approximate surface area is 89.8 Å². The maximum Gasteiger partial charge on any atom is 0.0797 e. The third-order valence-electron chi connectivity index (χ3n) is 3.01. The lowest BCUT2D eigenvalue weighted by Gasteiger charge is -2.08. The lowest BCUT2D eigenvalue weighted by Crippen LogP contribution is -2.11. The van der Waals surface area contributed by atoms with E-state index < -0.39 is 0 Å². The normalized spacial score (nSPS) is 17.8. The molecule has 0 spiro atoms. The van der Waals surface area contributed by atoms with Crippen LogP contribution < -0.4 is 5.32 Å². The van der Waals surface area contributed by atoms with Crippen molar-refractivity contribution in [3.05, 3.63) is 16.1 Å². The Morgan fingerprint density at radius 2 is 2.29 bits per heavy atom. The van der Waals surface area contributed by atoms with E-state index in [2.05, 4.69) is 10.3 Å². The molecule has 1 N–H and O–H groups in total. The van der Waals surface area contributed by atoms with Gasteiger partial charge in [-0.25, -0.2) is 4.98 Å². The fourth-order valence-corrected chi connectivity index (χ4v) is 3.24. The van der Waals surface area contributed by atoms with Crippen molar-refractivity contribution in [3.8, 4) is 0 Å². The summed E-state index contributed by atoms with van der Waals surface area (Å²) in [6.07, 6.45) is 6.68. The van der Waals surface area contributed by atoms with Crippen LogP contribution in [0.3, 0.4) is 0 Å². The molecule has 3 heteroatoms. The SMILES string of the molecule is CNCCc1ncsc1C1CCCC1. The molecule has 1 aliphatic rings. The molecule has 0 unspecified atom stereocenters. The number of rotatable bonds is 4. The first-order valence-electron chi connectivity index (χ1n) is 5.48. The summed E-state index contributed by atoms with van der Waals surface area (Å²) in [4.78, 5) is 6.04. The molecule has 0 atom stereocenters. The van der Waals surface area contributed by atoms with Crippen LogP contribution in [0.25, 0.3) is 0 Å². The third-order valence-corrected chi connectivity index (χ3v) is 4.04. The van der Waals surface area contributed by atoms with Gasteiger partial charge in [-0.15, -0.1) is 11.3 Å². The largest absolute Gasteiger partial charge is 0.319 e. The molecule has 1 aromatic rings. The van der Waals surface area contributed by atoms with E-state index in [1.165, 1.54) is 31.4 Å². The van der Waals surface area contributed by atoms with Crippen molar-refractivity contribution in [1.29, 1.82) is 0 Å². The van der Waals surface area contributed by atoms with E-state index in [1.54, 1.807) is 4.88 Å². The van der Waals surface area contributed by atoms with Gasteiger partial charge >= 0.3 is 0 Å². The molecular weight excluding hydrogens is 192 g/mol. The summed E-state index contributed by atoms with van der Waals surface area (Å²) >= 11 is 1.86. The Morgan fingerprint density at radius 3 is 3.00 bits per heavy atom. The molecule has 2 nitrogen and oxygen atoms in total. The molecular formula is C11H18N2S. The first-order chi connectivity index (χ1) is 6.92. The Kier molecular flexibility index (Phi) is 3.54.